The van der Waals surface area contributed by atoms with Crippen molar-refractivity contribution >= 4 is 10.0 Å². The normalized spacial score (nSPS) is 13.5. The molecule has 0 aliphatic rings. The second-order valence-corrected chi connectivity index (χ2v) is 6.17. The van der Waals surface area contributed by atoms with E-state index in [0.717, 1.165) is 12.3 Å². The molecule has 0 saturated heterocycles. The maximum atomic E-state index is 13.5. The lowest BCUT2D eigenvalue weighted by molar-refractivity contribution is 0.471. The molecule has 0 fully saturated rings. The van der Waals surface area contributed by atoms with Gasteiger partial charge in [-0.1, -0.05) is 12.1 Å². The Labute approximate surface area is 112 Å². The highest BCUT2D eigenvalue weighted by molar-refractivity contribution is 7.88. The molecule has 0 aromatic heterocycles. The molecule has 0 bridgehead atoms. The van der Waals surface area contributed by atoms with Crippen molar-refractivity contribution < 1.29 is 17.2 Å². The second kappa shape index (κ2) is 6.93. The Balaban J connectivity index is 2.39. The number of rotatable bonds is 7. The van der Waals surface area contributed by atoms with Crippen LogP contribution in [-0.2, 0) is 10.0 Å². The number of sulfonamides is 1. The van der Waals surface area contributed by atoms with Crippen LogP contribution in [0.2, 0.25) is 0 Å². The highest BCUT2D eigenvalue weighted by atomic mass is 32.2. The van der Waals surface area contributed by atoms with Crippen molar-refractivity contribution in [3.05, 3.63) is 35.4 Å². The quantitative estimate of drug-likeness (QED) is 0.750. The second-order valence-electron chi connectivity index (χ2n) is 4.34. The first-order valence-electron chi connectivity index (χ1n) is 5.93. The minimum Gasteiger partial charge on any atom is -0.310 e. The minimum absolute atomic E-state index is 0.260. The van der Waals surface area contributed by atoms with Crippen LogP contribution in [0.5, 0.6) is 0 Å². The fourth-order valence-electron chi connectivity index (χ4n) is 1.63. The molecule has 0 spiro atoms. The predicted octanol–water partition coefficient (Wildman–Crippen LogP) is 1.55. The summed E-state index contributed by atoms with van der Waals surface area (Å²) in [7, 11) is -3.18. The first-order chi connectivity index (χ1) is 8.81. The van der Waals surface area contributed by atoms with Crippen LogP contribution in [0.25, 0.3) is 0 Å². The molecule has 1 atom stereocenters. The molecule has 19 heavy (non-hydrogen) atoms. The van der Waals surface area contributed by atoms with Gasteiger partial charge in [-0.05, 0) is 26.0 Å². The molecule has 0 aliphatic carbocycles. The molecule has 2 N–H and O–H groups in total. The summed E-state index contributed by atoms with van der Waals surface area (Å²) in [5.41, 5.74) is 0.260. The summed E-state index contributed by atoms with van der Waals surface area (Å²) in [4.78, 5) is 0. The lowest BCUT2D eigenvalue weighted by atomic mass is 10.1. The summed E-state index contributed by atoms with van der Waals surface area (Å²) in [6, 6.07) is 3.71. The van der Waals surface area contributed by atoms with E-state index in [2.05, 4.69) is 10.0 Å². The standard InChI is InChI=1S/C12H18F2N2O2S/c1-9(10-5-3-6-11(13)12(10)14)15-7-4-8-16-19(2,17)18/h3,5-6,9,15-16H,4,7-8H2,1-2H3/t9-/m1/s1. The van der Waals surface area contributed by atoms with E-state index in [1.54, 1.807) is 6.92 Å². The molecule has 0 amide bonds. The van der Waals surface area contributed by atoms with E-state index in [4.69, 9.17) is 0 Å². The van der Waals surface area contributed by atoms with Gasteiger partial charge in [0.1, 0.15) is 0 Å². The predicted molar refractivity (Wildman–Crippen MR) is 70.2 cm³/mol. The fraction of sp³-hybridized carbons (Fsp3) is 0.500. The van der Waals surface area contributed by atoms with E-state index in [0.29, 0.717) is 19.5 Å². The Morgan fingerprint density at radius 1 is 1.26 bits per heavy atom. The zero-order valence-corrected chi connectivity index (χ0v) is 11.7. The van der Waals surface area contributed by atoms with Crippen LogP contribution >= 0.6 is 0 Å². The van der Waals surface area contributed by atoms with E-state index in [1.165, 1.54) is 12.1 Å². The van der Waals surface area contributed by atoms with Gasteiger partial charge in [0.15, 0.2) is 11.6 Å². The Kier molecular flexibility index (Phi) is 5.84. The summed E-state index contributed by atoms with van der Waals surface area (Å²) in [6.45, 7) is 2.53. The Morgan fingerprint density at radius 2 is 1.95 bits per heavy atom. The third kappa shape index (κ3) is 5.63. The Hall–Kier alpha value is -1.05. The van der Waals surface area contributed by atoms with Gasteiger partial charge < -0.3 is 5.32 Å². The number of halogens is 2. The summed E-state index contributed by atoms with van der Waals surface area (Å²) in [5.74, 6) is -1.72. The average molecular weight is 292 g/mol. The maximum absolute atomic E-state index is 13.5. The van der Waals surface area contributed by atoms with Crippen molar-refractivity contribution in [2.24, 2.45) is 0 Å². The van der Waals surface area contributed by atoms with Gasteiger partial charge in [0, 0.05) is 18.2 Å². The number of hydrogen-bond acceptors (Lipinski definition) is 3. The van der Waals surface area contributed by atoms with E-state index in [1.807, 2.05) is 0 Å². The van der Waals surface area contributed by atoms with E-state index < -0.39 is 21.7 Å². The third-order valence-electron chi connectivity index (χ3n) is 2.62. The first-order valence-corrected chi connectivity index (χ1v) is 7.82. The van der Waals surface area contributed by atoms with Crippen LogP contribution in [0.4, 0.5) is 8.78 Å². The molecule has 0 heterocycles. The van der Waals surface area contributed by atoms with Gasteiger partial charge >= 0.3 is 0 Å². The van der Waals surface area contributed by atoms with E-state index in [-0.39, 0.29) is 11.6 Å². The lowest BCUT2D eigenvalue weighted by Gasteiger charge is -2.15. The largest absolute Gasteiger partial charge is 0.310 e. The number of hydrogen-bond donors (Lipinski definition) is 2. The molecule has 1 aromatic carbocycles. The van der Waals surface area contributed by atoms with Crippen molar-refractivity contribution in [3.8, 4) is 0 Å². The first kappa shape index (κ1) is 16.0. The maximum Gasteiger partial charge on any atom is 0.208 e. The van der Waals surface area contributed by atoms with Crippen molar-refractivity contribution in [2.75, 3.05) is 19.3 Å². The smallest absolute Gasteiger partial charge is 0.208 e. The van der Waals surface area contributed by atoms with E-state index >= 15 is 0 Å². The molecule has 4 nitrogen and oxygen atoms in total. The summed E-state index contributed by atoms with van der Waals surface area (Å²) in [5, 5.41) is 3.01. The van der Waals surface area contributed by atoms with Crippen LogP contribution < -0.4 is 10.0 Å². The molecule has 0 aliphatic heterocycles. The van der Waals surface area contributed by atoms with Crippen molar-refractivity contribution in [1.82, 2.24) is 10.0 Å². The average Bonchev–Trinajstić information content (AvgIpc) is 2.30. The highest BCUT2D eigenvalue weighted by Crippen LogP contribution is 2.18. The topological polar surface area (TPSA) is 58.2 Å². The zero-order valence-electron chi connectivity index (χ0n) is 10.9. The fourth-order valence-corrected chi connectivity index (χ4v) is 2.14. The lowest BCUT2D eigenvalue weighted by Crippen LogP contribution is -2.27. The summed E-state index contributed by atoms with van der Waals surface area (Å²) >= 11 is 0. The van der Waals surface area contributed by atoms with Crippen molar-refractivity contribution in [3.63, 3.8) is 0 Å². The van der Waals surface area contributed by atoms with Gasteiger partial charge in [-0.25, -0.2) is 21.9 Å². The highest BCUT2D eigenvalue weighted by Gasteiger charge is 2.13. The van der Waals surface area contributed by atoms with Crippen LogP contribution in [0.1, 0.15) is 24.9 Å². The molecule has 7 heteroatoms. The van der Waals surface area contributed by atoms with E-state index in [9.17, 15) is 17.2 Å². The van der Waals surface area contributed by atoms with Crippen LogP contribution in [-0.4, -0.2) is 27.8 Å². The zero-order chi connectivity index (χ0) is 14.5. The SMILES string of the molecule is C[C@@H](NCCCNS(C)(=O)=O)c1cccc(F)c1F. The third-order valence-corrected chi connectivity index (χ3v) is 3.34. The number of nitrogens with one attached hydrogen (secondary N) is 2. The number of benzene rings is 1. The van der Waals surface area contributed by atoms with Crippen LogP contribution in [0.15, 0.2) is 18.2 Å². The van der Waals surface area contributed by atoms with Crippen LogP contribution in [0, 0.1) is 11.6 Å². The molecule has 0 unspecified atom stereocenters. The molecule has 1 aromatic rings. The van der Waals surface area contributed by atoms with Gasteiger partial charge in [0.2, 0.25) is 10.0 Å². The Morgan fingerprint density at radius 3 is 2.58 bits per heavy atom. The summed E-state index contributed by atoms with van der Waals surface area (Å²) in [6.07, 6.45) is 1.65. The molecule has 0 radical (unpaired) electrons. The summed E-state index contributed by atoms with van der Waals surface area (Å²) < 4.78 is 50.5. The van der Waals surface area contributed by atoms with Gasteiger partial charge in [-0.15, -0.1) is 0 Å². The van der Waals surface area contributed by atoms with Crippen LogP contribution in [0.3, 0.4) is 0 Å². The molecular formula is C12H18F2N2O2S. The van der Waals surface area contributed by atoms with Crippen molar-refractivity contribution in [1.29, 1.82) is 0 Å². The van der Waals surface area contributed by atoms with Gasteiger partial charge in [0.05, 0.1) is 6.26 Å². The van der Waals surface area contributed by atoms with Crippen molar-refractivity contribution in [2.45, 2.75) is 19.4 Å². The van der Waals surface area contributed by atoms with Gasteiger partial charge in [-0.2, -0.15) is 0 Å². The molecular weight excluding hydrogens is 274 g/mol. The Bertz CT molecular complexity index is 520. The van der Waals surface area contributed by atoms with Gasteiger partial charge in [0.25, 0.3) is 0 Å². The molecule has 1 rings (SSSR count). The minimum atomic E-state index is -3.18. The molecule has 108 valence electrons. The molecule has 0 saturated carbocycles. The monoisotopic (exact) mass is 292 g/mol. The van der Waals surface area contributed by atoms with Gasteiger partial charge in [-0.3, -0.25) is 0 Å².